The van der Waals surface area contributed by atoms with Gasteiger partial charge in [0.1, 0.15) is 5.75 Å². The molecule has 0 heterocycles. The molecule has 0 atom stereocenters. The van der Waals surface area contributed by atoms with Crippen LogP contribution in [0.1, 0.15) is 13.3 Å². The summed E-state index contributed by atoms with van der Waals surface area (Å²) < 4.78 is 18.4. The van der Waals surface area contributed by atoms with Gasteiger partial charge in [0.25, 0.3) is 0 Å². The summed E-state index contributed by atoms with van der Waals surface area (Å²) >= 11 is 0. The maximum atomic E-state index is 13.1. The molecular formula is C11H12FNO3. The molecule has 16 heavy (non-hydrogen) atoms. The Bertz CT molecular complexity index is 418. The molecule has 0 radical (unpaired) electrons. The van der Waals surface area contributed by atoms with Crippen molar-refractivity contribution in [3.05, 3.63) is 46.3 Å². The first-order valence-corrected chi connectivity index (χ1v) is 4.72. The van der Waals surface area contributed by atoms with E-state index in [1.165, 1.54) is 6.07 Å². The molecule has 1 aromatic rings. The maximum absolute atomic E-state index is 13.1. The lowest BCUT2D eigenvalue weighted by Gasteiger charge is -2.05. The number of ether oxygens (including phenoxy) is 1. The van der Waals surface area contributed by atoms with E-state index in [0.717, 1.165) is 17.7 Å². The van der Waals surface area contributed by atoms with Crippen molar-refractivity contribution >= 4 is 5.69 Å². The highest BCUT2D eigenvalue weighted by Crippen LogP contribution is 2.22. The molecule has 0 unspecified atom stereocenters. The number of nitro benzene ring substituents is 1. The lowest BCUT2D eigenvalue weighted by molar-refractivity contribution is -0.387. The van der Waals surface area contributed by atoms with Crippen molar-refractivity contribution in [1.82, 2.24) is 0 Å². The van der Waals surface area contributed by atoms with E-state index in [0.29, 0.717) is 13.0 Å². The third-order valence-electron chi connectivity index (χ3n) is 1.91. The van der Waals surface area contributed by atoms with E-state index in [-0.39, 0.29) is 5.75 Å². The van der Waals surface area contributed by atoms with Crippen molar-refractivity contribution in [2.45, 2.75) is 13.3 Å². The van der Waals surface area contributed by atoms with Gasteiger partial charge < -0.3 is 4.74 Å². The number of nitro groups is 1. The van der Waals surface area contributed by atoms with Gasteiger partial charge in [-0.05, 0) is 13.0 Å². The van der Waals surface area contributed by atoms with Crippen LogP contribution in [0.5, 0.6) is 5.75 Å². The molecule has 0 aliphatic carbocycles. The second kappa shape index (κ2) is 5.25. The van der Waals surface area contributed by atoms with Crippen molar-refractivity contribution in [2.75, 3.05) is 6.61 Å². The quantitative estimate of drug-likeness (QED) is 0.439. The number of benzene rings is 1. The first-order valence-electron chi connectivity index (χ1n) is 4.72. The Morgan fingerprint density at radius 1 is 1.62 bits per heavy atom. The fraction of sp³-hybridized carbons (Fsp3) is 0.273. The summed E-state index contributed by atoms with van der Waals surface area (Å²) in [6.07, 6.45) is 0.665. The van der Waals surface area contributed by atoms with Crippen molar-refractivity contribution in [2.24, 2.45) is 0 Å². The Balaban J connectivity index is 2.66. The minimum absolute atomic E-state index is 0.282. The maximum Gasteiger partial charge on any atom is 0.305 e. The smallest absolute Gasteiger partial charge is 0.305 e. The zero-order valence-electron chi connectivity index (χ0n) is 8.90. The Kier molecular flexibility index (Phi) is 3.99. The van der Waals surface area contributed by atoms with E-state index in [1.54, 1.807) is 0 Å². The Morgan fingerprint density at radius 2 is 2.31 bits per heavy atom. The van der Waals surface area contributed by atoms with E-state index in [2.05, 4.69) is 6.58 Å². The summed E-state index contributed by atoms with van der Waals surface area (Å²) in [6.45, 7) is 5.94. The van der Waals surface area contributed by atoms with E-state index in [1.807, 2.05) is 6.92 Å². The van der Waals surface area contributed by atoms with Crippen LogP contribution in [-0.2, 0) is 0 Å². The monoisotopic (exact) mass is 225 g/mol. The van der Waals surface area contributed by atoms with Crippen molar-refractivity contribution < 1.29 is 14.1 Å². The Hall–Kier alpha value is -1.91. The molecule has 0 aliphatic rings. The highest BCUT2D eigenvalue weighted by atomic mass is 19.1. The van der Waals surface area contributed by atoms with Gasteiger partial charge >= 0.3 is 5.69 Å². The molecule has 0 N–H and O–H groups in total. The Morgan fingerprint density at radius 3 is 2.81 bits per heavy atom. The predicted octanol–water partition coefficient (Wildman–Crippen LogP) is 3.08. The zero-order chi connectivity index (χ0) is 12.1. The number of hydrogen-bond donors (Lipinski definition) is 0. The average Bonchev–Trinajstić information content (AvgIpc) is 2.16. The molecule has 0 bridgehead atoms. The second-order valence-corrected chi connectivity index (χ2v) is 3.43. The molecular weight excluding hydrogens is 213 g/mol. The van der Waals surface area contributed by atoms with Crippen LogP contribution in [0.2, 0.25) is 0 Å². The van der Waals surface area contributed by atoms with E-state index < -0.39 is 16.4 Å². The van der Waals surface area contributed by atoms with Crippen LogP contribution in [0.4, 0.5) is 10.1 Å². The van der Waals surface area contributed by atoms with Crippen LogP contribution in [0, 0.1) is 15.9 Å². The van der Waals surface area contributed by atoms with E-state index >= 15 is 0 Å². The van der Waals surface area contributed by atoms with Crippen molar-refractivity contribution in [1.29, 1.82) is 0 Å². The summed E-state index contributed by atoms with van der Waals surface area (Å²) in [7, 11) is 0. The summed E-state index contributed by atoms with van der Waals surface area (Å²) in [5.74, 6) is -0.609. The van der Waals surface area contributed by atoms with Crippen LogP contribution in [-0.4, -0.2) is 11.5 Å². The van der Waals surface area contributed by atoms with Gasteiger partial charge in [-0.2, -0.15) is 4.39 Å². The minimum atomic E-state index is -0.891. The second-order valence-electron chi connectivity index (χ2n) is 3.43. The van der Waals surface area contributed by atoms with Crippen LogP contribution >= 0.6 is 0 Å². The first-order chi connectivity index (χ1) is 7.50. The van der Waals surface area contributed by atoms with Gasteiger partial charge in [-0.3, -0.25) is 10.1 Å². The fourth-order valence-electron chi connectivity index (χ4n) is 1.07. The Labute approximate surface area is 92.5 Å². The summed E-state index contributed by atoms with van der Waals surface area (Å²) in [6, 6.07) is 3.47. The largest absolute Gasteiger partial charge is 0.493 e. The molecule has 0 saturated carbocycles. The molecule has 0 saturated heterocycles. The molecule has 1 aromatic carbocycles. The van der Waals surface area contributed by atoms with Gasteiger partial charge in [0, 0.05) is 18.6 Å². The molecule has 86 valence electrons. The lowest BCUT2D eigenvalue weighted by atomic mass is 10.2. The van der Waals surface area contributed by atoms with Crippen LogP contribution < -0.4 is 4.74 Å². The van der Waals surface area contributed by atoms with Crippen molar-refractivity contribution in [3.63, 3.8) is 0 Å². The van der Waals surface area contributed by atoms with Gasteiger partial charge in [-0.15, -0.1) is 6.58 Å². The van der Waals surface area contributed by atoms with Crippen molar-refractivity contribution in [3.8, 4) is 5.75 Å². The molecule has 4 nitrogen and oxygen atoms in total. The number of nitrogens with zero attached hydrogens (tertiary/aromatic N) is 1. The molecule has 0 aromatic heterocycles. The number of halogens is 1. The molecule has 0 aliphatic heterocycles. The van der Waals surface area contributed by atoms with Gasteiger partial charge in [0.2, 0.25) is 5.82 Å². The molecule has 1 rings (SSSR count). The summed E-state index contributed by atoms with van der Waals surface area (Å²) in [5.41, 5.74) is 0.412. The number of hydrogen-bond acceptors (Lipinski definition) is 3. The van der Waals surface area contributed by atoms with Gasteiger partial charge in [0.15, 0.2) is 0 Å². The highest BCUT2D eigenvalue weighted by Gasteiger charge is 2.13. The van der Waals surface area contributed by atoms with Crippen LogP contribution in [0.3, 0.4) is 0 Å². The van der Waals surface area contributed by atoms with E-state index in [9.17, 15) is 14.5 Å². The topological polar surface area (TPSA) is 52.4 Å². The van der Waals surface area contributed by atoms with Gasteiger partial charge in [-0.25, -0.2) is 0 Å². The predicted molar refractivity (Wildman–Crippen MR) is 58.0 cm³/mol. The first kappa shape index (κ1) is 12.2. The van der Waals surface area contributed by atoms with E-state index in [4.69, 9.17) is 4.74 Å². The normalized spacial score (nSPS) is 9.88. The summed E-state index contributed by atoms with van der Waals surface area (Å²) in [4.78, 5) is 9.58. The SMILES string of the molecule is C=C(C)CCOc1ccc([N+](=O)[O-])c(F)c1. The zero-order valence-corrected chi connectivity index (χ0v) is 8.90. The standard InChI is InChI=1S/C11H12FNO3/c1-8(2)5-6-16-9-3-4-11(13(14)15)10(12)7-9/h3-4,7H,1,5-6H2,2H3. The molecule has 0 fully saturated rings. The van der Waals surface area contributed by atoms with Gasteiger partial charge in [0.05, 0.1) is 11.5 Å². The highest BCUT2D eigenvalue weighted by molar-refractivity contribution is 5.37. The van der Waals surface area contributed by atoms with Gasteiger partial charge in [-0.1, -0.05) is 5.57 Å². The third-order valence-corrected chi connectivity index (χ3v) is 1.91. The minimum Gasteiger partial charge on any atom is -0.493 e. The molecule has 0 spiro atoms. The lowest BCUT2D eigenvalue weighted by Crippen LogP contribution is -1.99. The van der Waals surface area contributed by atoms with Crippen LogP contribution in [0.25, 0.3) is 0 Å². The molecule has 0 amide bonds. The number of rotatable bonds is 5. The summed E-state index contributed by atoms with van der Waals surface area (Å²) in [5, 5.41) is 10.3. The third kappa shape index (κ3) is 3.34. The van der Waals surface area contributed by atoms with Crippen LogP contribution in [0.15, 0.2) is 30.4 Å². The fourth-order valence-corrected chi connectivity index (χ4v) is 1.07. The average molecular weight is 225 g/mol. The molecule has 5 heteroatoms.